The fourth-order valence-corrected chi connectivity index (χ4v) is 4.61. The molecule has 1 saturated heterocycles. The zero-order chi connectivity index (χ0) is 18.1. The average Bonchev–Trinajstić information content (AvgIpc) is 2.56. The SMILES string of the molecule is CC(=O)N[C@H]1CCC2(CCN(CCC(C)(C)C)CC2)c2ccccc21. The lowest BCUT2D eigenvalue weighted by molar-refractivity contribution is -0.119. The highest BCUT2D eigenvalue weighted by Crippen LogP contribution is 2.47. The van der Waals surface area contributed by atoms with Crippen molar-refractivity contribution in [1.29, 1.82) is 0 Å². The van der Waals surface area contributed by atoms with Crippen LogP contribution in [0.5, 0.6) is 0 Å². The lowest BCUT2D eigenvalue weighted by Gasteiger charge is -2.47. The van der Waals surface area contributed by atoms with Gasteiger partial charge in [-0.15, -0.1) is 0 Å². The molecule has 0 aromatic heterocycles. The lowest BCUT2D eigenvalue weighted by atomic mass is 9.63. The minimum absolute atomic E-state index is 0.0766. The molecule has 0 saturated carbocycles. The van der Waals surface area contributed by atoms with Gasteiger partial charge in [-0.05, 0) is 73.7 Å². The van der Waals surface area contributed by atoms with Gasteiger partial charge in [0.1, 0.15) is 0 Å². The van der Waals surface area contributed by atoms with Crippen molar-refractivity contribution in [3.05, 3.63) is 35.4 Å². The van der Waals surface area contributed by atoms with Gasteiger partial charge in [0.15, 0.2) is 0 Å². The van der Waals surface area contributed by atoms with Gasteiger partial charge >= 0.3 is 0 Å². The van der Waals surface area contributed by atoms with Gasteiger partial charge in [-0.3, -0.25) is 4.79 Å². The second-order valence-corrected chi connectivity index (χ2v) is 9.31. The van der Waals surface area contributed by atoms with E-state index in [0.29, 0.717) is 10.8 Å². The summed E-state index contributed by atoms with van der Waals surface area (Å²) in [5.74, 6) is 0.0766. The molecule has 3 rings (SSSR count). The number of nitrogens with one attached hydrogen (secondary N) is 1. The predicted molar refractivity (Wildman–Crippen MR) is 104 cm³/mol. The van der Waals surface area contributed by atoms with Crippen LogP contribution in [0.1, 0.15) is 77.0 Å². The number of carbonyl (C=O) groups excluding carboxylic acids is 1. The second-order valence-electron chi connectivity index (χ2n) is 9.31. The van der Waals surface area contributed by atoms with Crippen LogP contribution in [-0.2, 0) is 10.2 Å². The monoisotopic (exact) mass is 342 g/mol. The van der Waals surface area contributed by atoms with Crippen molar-refractivity contribution in [2.24, 2.45) is 5.41 Å². The Morgan fingerprint density at radius 1 is 1.20 bits per heavy atom. The first-order valence-corrected chi connectivity index (χ1v) is 9.88. The topological polar surface area (TPSA) is 32.3 Å². The molecule has 3 nitrogen and oxygen atoms in total. The van der Waals surface area contributed by atoms with E-state index < -0.39 is 0 Å². The third-order valence-electron chi connectivity index (χ3n) is 6.19. The fourth-order valence-electron chi connectivity index (χ4n) is 4.61. The molecule has 1 amide bonds. The zero-order valence-corrected chi connectivity index (χ0v) is 16.4. The second kappa shape index (κ2) is 7.11. The molecule has 1 heterocycles. The van der Waals surface area contributed by atoms with E-state index in [1.54, 1.807) is 6.92 Å². The Morgan fingerprint density at radius 2 is 1.88 bits per heavy atom. The number of carbonyl (C=O) groups is 1. The maximum absolute atomic E-state index is 11.6. The number of amides is 1. The Balaban J connectivity index is 1.72. The van der Waals surface area contributed by atoms with Crippen molar-refractivity contribution < 1.29 is 4.79 Å². The molecule has 1 N–H and O–H groups in total. The quantitative estimate of drug-likeness (QED) is 0.881. The van der Waals surface area contributed by atoms with Crippen molar-refractivity contribution in [2.45, 2.75) is 71.3 Å². The third kappa shape index (κ3) is 4.25. The van der Waals surface area contributed by atoms with Crippen molar-refractivity contribution >= 4 is 5.91 Å². The Kier molecular flexibility index (Phi) is 5.24. The smallest absolute Gasteiger partial charge is 0.217 e. The summed E-state index contributed by atoms with van der Waals surface area (Å²) in [5.41, 5.74) is 3.59. The largest absolute Gasteiger partial charge is 0.350 e. The third-order valence-corrected chi connectivity index (χ3v) is 6.19. The number of hydrogen-bond acceptors (Lipinski definition) is 2. The summed E-state index contributed by atoms with van der Waals surface area (Å²) in [6, 6.07) is 9.02. The molecule has 3 heteroatoms. The van der Waals surface area contributed by atoms with Crippen molar-refractivity contribution in [3.8, 4) is 0 Å². The molecule has 1 spiro atoms. The summed E-state index contributed by atoms with van der Waals surface area (Å²) in [5, 5.41) is 3.16. The normalized spacial score (nSPS) is 23.3. The van der Waals surface area contributed by atoms with Gasteiger partial charge in [0.25, 0.3) is 0 Å². The van der Waals surface area contributed by atoms with E-state index in [2.05, 4.69) is 55.3 Å². The Bertz CT molecular complexity index is 609. The molecule has 1 aromatic carbocycles. The number of benzene rings is 1. The van der Waals surface area contributed by atoms with E-state index in [1.807, 2.05) is 0 Å². The van der Waals surface area contributed by atoms with Crippen LogP contribution in [0, 0.1) is 5.41 Å². The number of hydrogen-bond donors (Lipinski definition) is 1. The van der Waals surface area contributed by atoms with Crippen LogP contribution in [0.3, 0.4) is 0 Å². The van der Waals surface area contributed by atoms with Crippen molar-refractivity contribution in [1.82, 2.24) is 10.2 Å². The Labute approximate surface area is 153 Å². The summed E-state index contributed by atoms with van der Waals surface area (Å²) < 4.78 is 0. The molecular formula is C22H34N2O. The molecule has 0 radical (unpaired) electrons. The van der Waals surface area contributed by atoms with Gasteiger partial charge < -0.3 is 10.2 Å². The first kappa shape index (κ1) is 18.4. The van der Waals surface area contributed by atoms with Crippen LogP contribution in [0.25, 0.3) is 0 Å². The molecule has 1 aliphatic heterocycles. The van der Waals surface area contributed by atoms with E-state index >= 15 is 0 Å². The van der Waals surface area contributed by atoms with Crippen LogP contribution in [-0.4, -0.2) is 30.4 Å². The lowest BCUT2D eigenvalue weighted by Crippen LogP contribution is -2.46. The Morgan fingerprint density at radius 3 is 2.52 bits per heavy atom. The summed E-state index contributed by atoms with van der Waals surface area (Å²) in [6.07, 6.45) is 6.03. The minimum atomic E-state index is 0.0766. The Hall–Kier alpha value is -1.35. The zero-order valence-electron chi connectivity index (χ0n) is 16.4. The molecule has 1 atom stereocenters. The van der Waals surface area contributed by atoms with E-state index in [4.69, 9.17) is 0 Å². The number of nitrogens with zero attached hydrogens (tertiary/aromatic N) is 1. The van der Waals surface area contributed by atoms with Gasteiger partial charge in [-0.2, -0.15) is 0 Å². The van der Waals surface area contributed by atoms with Gasteiger partial charge in [0.2, 0.25) is 5.91 Å². The number of piperidine rings is 1. The van der Waals surface area contributed by atoms with Gasteiger partial charge in [0, 0.05) is 6.92 Å². The van der Waals surface area contributed by atoms with Crippen LogP contribution in [0.2, 0.25) is 0 Å². The molecule has 1 aromatic rings. The maximum Gasteiger partial charge on any atom is 0.217 e. The van der Waals surface area contributed by atoms with Crippen LogP contribution < -0.4 is 5.32 Å². The minimum Gasteiger partial charge on any atom is -0.350 e. The van der Waals surface area contributed by atoms with Crippen LogP contribution in [0.4, 0.5) is 0 Å². The van der Waals surface area contributed by atoms with Crippen LogP contribution in [0.15, 0.2) is 24.3 Å². The summed E-state index contributed by atoms with van der Waals surface area (Å²) in [4.78, 5) is 14.2. The van der Waals surface area contributed by atoms with Gasteiger partial charge in [0.05, 0.1) is 6.04 Å². The molecule has 138 valence electrons. The van der Waals surface area contributed by atoms with Gasteiger partial charge in [-0.25, -0.2) is 0 Å². The number of rotatable bonds is 3. The molecule has 0 bridgehead atoms. The summed E-state index contributed by atoms with van der Waals surface area (Å²) >= 11 is 0. The molecular weight excluding hydrogens is 308 g/mol. The van der Waals surface area contributed by atoms with E-state index in [-0.39, 0.29) is 11.9 Å². The summed E-state index contributed by atoms with van der Waals surface area (Å²) in [6.45, 7) is 12.2. The van der Waals surface area contributed by atoms with E-state index in [1.165, 1.54) is 56.4 Å². The highest BCUT2D eigenvalue weighted by atomic mass is 16.1. The maximum atomic E-state index is 11.6. The predicted octanol–water partition coefficient (Wildman–Crippen LogP) is 4.43. The van der Waals surface area contributed by atoms with Crippen LogP contribution >= 0.6 is 0 Å². The van der Waals surface area contributed by atoms with E-state index in [0.717, 1.165) is 6.42 Å². The highest BCUT2D eigenvalue weighted by molar-refractivity contribution is 5.73. The summed E-state index contributed by atoms with van der Waals surface area (Å²) in [7, 11) is 0. The standard InChI is InChI=1S/C22H34N2O/c1-17(25)23-20-9-10-22(19-8-6-5-7-18(19)20)12-15-24(16-13-22)14-11-21(2,3)4/h5-8,20H,9-16H2,1-4H3,(H,23,25)/t20-/m0/s1. The highest BCUT2D eigenvalue weighted by Gasteiger charge is 2.41. The van der Waals surface area contributed by atoms with E-state index in [9.17, 15) is 4.79 Å². The molecule has 25 heavy (non-hydrogen) atoms. The average molecular weight is 343 g/mol. The van der Waals surface area contributed by atoms with Crippen molar-refractivity contribution in [2.75, 3.05) is 19.6 Å². The first-order valence-electron chi connectivity index (χ1n) is 9.88. The first-order chi connectivity index (χ1) is 11.8. The number of likely N-dealkylation sites (tertiary alicyclic amines) is 1. The van der Waals surface area contributed by atoms with Crippen molar-refractivity contribution in [3.63, 3.8) is 0 Å². The molecule has 2 aliphatic rings. The fraction of sp³-hybridized carbons (Fsp3) is 0.682. The molecule has 1 fully saturated rings. The molecule has 0 unspecified atom stereocenters. The molecule has 1 aliphatic carbocycles. The van der Waals surface area contributed by atoms with Gasteiger partial charge in [-0.1, -0.05) is 45.0 Å². The number of fused-ring (bicyclic) bond motifs is 2.